The van der Waals surface area contributed by atoms with Crippen LogP contribution in [0.2, 0.25) is 0 Å². The molecule has 4 nitrogen and oxygen atoms in total. The molecule has 0 radical (unpaired) electrons. The van der Waals surface area contributed by atoms with Gasteiger partial charge in [0.05, 0.1) is 6.61 Å². The number of ether oxygens (including phenoxy) is 2. The summed E-state index contributed by atoms with van der Waals surface area (Å²) in [6.07, 6.45) is 3.53. The summed E-state index contributed by atoms with van der Waals surface area (Å²) in [7, 11) is 0. The highest BCUT2D eigenvalue weighted by Gasteiger charge is 2.04. The van der Waals surface area contributed by atoms with Gasteiger partial charge in [0.25, 0.3) is 5.19 Å². The summed E-state index contributed by atoms with van der Waals surface area (Å²) in [6.45, 7) is 2.45. The van der Waals surface area contributed by atoms with Crippen molar-refractivity contribution >= 4 is 17.3 Å². The van der Waals surface area contributed by atoms with Crippen LogP contribution in [0.15, 0.2) is 11.6 Å². The molecule has 1 aromatic rings. The molecular weight excluding hydrogens is 202 g/mol. The molecule has 5 heteroatoms. The van der Waals surface area contributed by atoms with Gasteiger partial charge in [0.2, 0.25) is 0 Å². The lowest BCUT2D eigenvalue weighted by molar-refractivity contribution is -0.146. The van der Waals surface area contributed by atoms with Crippen molar-refractivity contribution in [2.45, 2.75) is 19.8 Å². The number of unbranched alkanes of at least 4 members (excludes halogenated alkanes) is 1. The maximum Gasteiger partial charge on any atom is 0.344 e. The quantitative estimate of drug-likeness (QED) is 0.537. The molecular formula is C9H13NO3S. The Balaban J connectivity index is 2.09. The number of thiazole rings is 1. The van der Waals surface area contributed by atoms with Gasteiger partial charge in [-0.1, -0.05) is 24.7 Å². The van der Waals surface area contributed by atoms with Crippen molar-refractivity contribution in [3.05, 3.63) is 11.6 Å². The van der Waals surface area contributed by atoms with E-state index in [9.17, 15) is 4.79 Å². The Morgan fingerprint density at radius 3 is 3.14 bits per heavy atom. The zero-order chi connectivity index (χ0) is 10.2. The van der Waals surface area contributed by atoms with Crippen LogP contribution in [0.1, 0.15) is 19.8 Å². The zero-order valence-electron chi connectivity index (χ0n) is 8.06. The third kappa shape index (κ3) is 4.23. The minimum absolute atomic E-state index is 0.0583. The first-order chi connectivity index (χ1) is 6.83. The normalized spacial score (nSPS) is 9.79. The van der Waals surface area contributed by atoms with Crippen molar-refractivity contribution in [3.63, 3.8) is 0 Å². The fourth-order valence-corrected chi connectivity index (χ4v) is 1.26. The van der Waals surface area contributed by atoms with Crippen LogP contribution in [0.5, 0.6) is 5.19 Å². The molecule has 0 aromatic carbocycles. The van der Waals surface area contributed by atoms with E-state index in [4.69, 9.17) is 9.47 Å². The highest BCUT2D eigenvalue weighted by molar-refractivity contribution is 7.11. The number of hydrogen-bond acceptors (Lipinski definition) is 5. The van der Waals surface area contributed by atoms with Crippen molar-refractivity contribution in [1.29, 1.82) is 0 Å². The Bertz CT molecular complexity index is 261. The van der Waals surface area contributed by atoms with Crippen molar-refractivity contribution in [3.8, 4) is 5.19 Å². The van der Waals surface area contributed by atoms with Crippen LogP contribution in [0.3, 0.4) is 0 Å². The second-order valence-corrected chi connectivity index (χ2v) is 3.52. The van der Waals surface area contributed by atoms with E-state index in [1.807, 2.05) is 6.92 Å². The van der Waals surface area contributed by atoms with Gasteiger partial charge >= 0.3 is 5.97 Å². The van der Waals surface area contributed by atoms with Gasteiger partial charge in [-0.2, -0.15) is 0 Å². The molecule has 0 saturated carbocycles. The summed E-state index contributed by atoms with van der Waals surface area (Å²) in [5.74, 6) is -0.339. The number of carbonyl (C=O) groups is 1. The minimum atomic E-state index is -0.339. The summed E-state index contributed by atoms with van der Waals surface area (Å²) in [4.78, 5) is 14.9. The van der Waals surface area contributed by atoms with Gasteiger partial charge in [0.1, 0.15) is 0 Å². The molecule has 0 N–H and O–H groups in total. The summed E-state index contributed by atoms with van der Waals surface area (Å²) < 4.78 is 9.96. The van der Waals surface area contributed by atoms with Crippen LogP contribution in [-0.4, -0.2) is 24.2 Å². The molecule has 0 bridgehead atoms. The predicted octanol–water partition coefficient (Wildman–Crippen LogP) is 1.87. The van der Waals surface area contributed by atoms with Crippen LogP contribution >= 0.6 is 11.3 Å². The lowest BCUT2D eigenvalue weighted by Gasteiger charge is -2.03. The number of esters is 1. The van der Waals surface area contributed by atoms with Gasteiger partial charge in [0, 0.05) is 11.6 Å². The molecule has 0 unspecified atom stereocenters. The molecule has 0 saturated heterocycles. The first-order valence-corrected chi connectivity index (χ1v) is 5.39. The van der Waals surface area contributed by atoms with E-state index < -0.39 is 0 Å². The second-order valence-electron chi connectivity index (χ2n) is 2.66. The van der Waals surface area contributed by atoms with Gasteiger partial charge in [-0.3, -0.25) is 0 Å². The Kier molecular flexibility index (Phi) is 4.99. The van der Waals surface area contributed by atoms with E-state index in [0.717, 1.165) is 12.8 Å². The fraction of sp³-hybridized carbons (Fsp3) is 0.556. The van der Waals surface area contributed by atoms with E-state index in [-0.39, 0.29) is 12.6 Å². The molecule has 0 aliphatic heterocycles. The predicted molar refractivity (Wildman–Crippen MR) is 53.5 cm³/mol. The molecule has 14 heavy (non-hydrogen) atoms. The van der Waals surface area contributed by atoms with Gasteiger partial charge in [0.15, 0.2) is 6.61 Å². The number of nitrogens with zero attached hydrogens (tertiary/aromatic N) is 1. The SMILES string of the molecule is CCCCOC(=O)COc1nccs1. The average Bonchev–Trinajstić information content (AvgIpc) is 2.68. The molecule has 0 aliphatic rings. The molecule has 0 spiro atoms. The van der Waals surface area contributed by atoms with Crippen molar-refractivity contribution in [2.24, 2.45) is 0 Å². The van der Waals surface area contributed by atoms with Crippen LogP contribution in [-0.2, 0) is 9.53 Å². The number of hydrogen-bond donors (Lipinski definition) is 0. The molecule has 78 valence electrons. The standard InChI is InChI=1S/C9H13NO3S/c1-2-3-5-12-8(11)7-13-9-10-4-6-14-9/h4,6H,2-3,5,7H2,1H3. The largest absolute Gasteiger partial charge is 0.463 e. The minimum Gasteiger partial charge on any atom is -0.463 e. The highest BCUT2D eigenvalue weighted by atomic mass is 32.1. The summed E-state index contributed by atoms with van der Waals surface area (Å²) >= 11 is 1.35. The van der Waals surface area contributed by atoms with Crippen LogP contribution in [0.4, 0.5) is 0 Å². The lowest BCUT2D eigenvalue weighted by Crippen LogP contribution is -2.15. The zero-order valence-corrected chi connectivity index (χ0v) is 8.88. The molecule has 1 heterocycles. The molecule has 0 aliphatic carbocycles. The van der Waals surface area contributed by atoms with E-state index in [1.165, 1.54) is 11.3 Å². The van der Waals surface area contributed by atoms with Crippen LogP contribution in [0, 0.1) is 0 Å². The maximum atomic E-state index is 11.0. The molecule has 0 amide bonds. The summed E-state index contributed by atoms with van der Waals surface area (Å²) in [5, 5.41) is 2.29. The van der Waals surface area contributed by atoms with Gasteiger partial charge in [-0.25, -0.2) is 9.78 Å². The van der Waals surface area contributed by atoms with Crippen molar-refractivity contribution < 1.29 is 14.3 Å². The Morgan fingerprint density at radius 1 is 1.64 bits per heavy atom. The Hall–Kier alpha value is -1.10. The molecule has 0 fully saturated rings. The van der Waals surface area contributed by atoms with E-state index >= 15 is 0 Å². The number of aromatic nitrogens is 1. The average molecular weight is 215 g/mol. The maximum absolute atomic E-state index is 11.0. The van der Waals surface area contributed by atoms with E-state index in [2.05, 4.69) is 4.98 Å². The highest BCUT2D eigenvalue weighted by Crippen LogP contribution is 2.12. The Morgan fingerprint density at radius 2 is 2.50 bits per heavy atom. The van der Waals surface area contributed by atoms with E-state index in [1.54, 1.807) is 11.6 Å². The van der Waals surface area contributed by atoms with E-state index in [0.29, 0.717) is 11.8 Å². The van der Waals surface area contributed by atoms with Crippen LogP contribution < -0.4 is 4.74 Å². The summed E-state index contributed by atoms with van der Waals surface area (Å²) in [5.41, 5.74) is 0. The van der Waals surface area contributed by atoms with Crippen molar-refractivity contribution in [2.75, 3.05) is 13.2 Å². The first kappa shape index (κ1) is 11.0. The summed E-state index contributed by atoms with van der Waals surface area (Å²) in [6, 6.07) is 0. The smallest absolute Gasteiger partial charge is 0.344 e. The molecule has 0 atom stereocenters. The van der Waals surface area contributed by atoms with Gasteiger partial charge in [-0.05, 0) is 6.42 Å². The van der Waals surface area contributed by atoms with Crippen molar-refractivity contribution in [1.82, 2.24) is 4.98 Å². The second kappa shape index (κ2) is 6.37. The Labute approximate surface area is 86.9 Å². The molecule has 1 rings (SSSR count). The molecule has 1 aromatic heterocycles. The van der Waals surface area contributed by atoms with Crippen LogP contribution in [0.25, 0.3) is 0 Å². The first-order valence-electron chi connectivity index (χ1n) is 4.51. The topological polar surface area (TPSA) is 48.4 Å². The number of carbonyl (C=O) groups excluding carboxylic acids is 1. The van der Waals surface area contributed by atoms with Gasteiger partial charge in [-0.15, -0.1) is 0 Å². The monoisotopic (exact) mass is 215 g/mol. The lowest BCUT2D eigenvalue weighted by atomic mass is 10.4. The third-order valence-corrected chi connectivity index (χ3v) is 2.17. The number of rotatable bonds is 6. The fourth-order valence-electron chi connectivity index (χ4n) is 0.774. The van der Waals surface area contributed by atoms with Gasteiger partial charge < -0.3 is 9.47 Å². The third-order valence-electron chi connectivity index (χ3n) is 1.48.